The number of fused-ring (bicyclic) bond motifs is 4. The fourth-order valence-electron chi connectivity index (χ4n) is 4.06. The van der Waals surface area contributed by atoms with Crippen molar-refractivity contribution in [2.24, 2.45) is 0 Å². The maximum absolute atomic E-state index is 6.01. The Balaban J connectivity index is 0.000000225. The highest BCUT2D eigenvalue weighted by Gasteiger charge is 2.23. The number of hydrogen-bond acceptors (Lipinski definition) is 2. The minimum atomic E-state index is -0.711. The maximum Gasteiger partial charge on any atom is 0.137 e. The molecule has 2 heterocycles. The Morgan fingerprint density at radius 2 is 1.29 bits per heavy atom. The van der Waals surface area contributed by atoms with Crippen molar-refractivity contribution < 1.29 is 9.47 Å². The van der Waals surface area contributed by atoms with Crippen molar-refractivity contribution >= 4 is 38.6 Å². The van der Waals surface area contributed by atoms with E-state index in [2.05, 4.69) is 50.3 Å². The molecule has 2 aliphatic rings. The number of benzene rings is 3. The molecule has 4 heteroatoms. The average molecular weight is 464 g/mol. The smallest absolute Gasteiger partial charge is 0.137 e. The molecule has 0 bridgehead atoms. The quantitative estimate of drug-likeness (QED) is 0.313. The molecule has 0 saturated heterocycles. The van der Waals surface area contributed by atoms with Crippen LogP contribution in [0.1, 0.15) is 69.4 Å². The second-order valence-electron chi connectivity index (χ2n) is 8.88. The summed E-state index contributed by atoms with van der Waals surface area (Å²) < 4.78 is 11.4. The first-order valence-electron chi connectivity index (χ1n) is 12.5. The number of hydrogen-bond donors (Lipinski definition) is 0. The van der Waals surface area contributed by atoms with Crippen LogP contribution in [0.3, 0.4) is 0 Å². The van der Waals surface area contributed by atoms with Crippen LogP contribution < -0.4 is 9.47 Å². The van der Waals surface area contributed by atoms with E-state index in [0.717, 1.165) is 22.6 Å². The minimum Gasteiger partial charge on any atom is -0.493 e. The lowest BCUT2D eigenvalue weighted by Gasteiger charge is -2.29. The van der Waals surface area contributed by atoms with E-state index >= 15 is 0 Å². The zero-order valence-electron chi connectivity index (χ0n) is 22.8. The predicted octanol–water partition coefficient (Wildman–Crippen LogP) is 8.08. The first-order valence-corrected chi connectivity index (χ1v) is 12.5. The molecule has 0 fully saturated rings. The van der Waals surface area contributed by atoms with Crippen LogP contribution in [0.2, 0.25) is 0 Å². The van der Waals surface area contributed by atoms with Gasteiger partial charge in [0, 0.05) is 11.1 Å². The Kier molecular flexibility index (Phi) is 9.49. The van der Waals surface area contributed by atoms with E-state index in [0.29, 0.717) is 0 Å². The van der Waals surface area contributed by atoms with Crippen LogP contribution in [0.25, 0.3) is 22.9 Å². The van der Waals surface area contributed by atoms with Gasteiger partial charge in [-0.15, -0.1) is 0 Å². The fourth-order valence-corrected chi connectivity index (χ4v) is 4.06. The van der Waals surface area contributed by atoms with E-state index in [9.17, 15) is 0 Å². The van der Waals surface area contributed by atoms with Gasteiger partial charge in [-0.3, -0.25) is 0 Å². The molecule has 3 aromatic rings. The van der Waals surface area contributed by atoms with E-state index in [-0.39, 0.29) is 0 Å². The highest BCUT2D eigenvalue weighted by Crippen LogP contribution is 2.38. The van der Waals surface area contributed by atoms with Gasteiger partial charge in [-0.05, 0) is 74.2 Å². The molecule has 35 heavy (non-hydrogen) atoms. The van der Waals surface area contributed by atoms with Crippen molar-refractivity contribution in [3.63, 3.8) is 0 Å². The summed E-state index contributed by atoms with van der Waals surface area (Å²) >= 11 is 0. The van der Waals surface area contributed by atoms with Crippen LogP contribution in [0.15, 0.2) is 54.6 Å². The third-order valence-corrected chi connectivity index (χ3v) is 5.57. The molecule has 2 atom stereocenters. The van der Waals surface area contributed by atoms with E-state index in [1.54, 1.807) is 0 Å². The minimum absolute atomic E-state index is 0.666. The Morgan fingerprint density at radius 3 is 1.94 bits per heavy atom. The van der Waals surface area contributed by atoms with Crippen LogP contribution in [-0.4, -0.2) is 26.7 Å². The molecule has 2 unspecified atom stereocenters. The topological polar surface area (TPSA) is 18.5 Å². The van der Waals surface area contributed by atoms with Gasteiger partial charge in [-0.25, -0.2) is 0 Å². The molecule has 0 saturated carbocycles. The molecule has 5 rings (SSSR count). The normalized spacial score (nSPS) is 20.8. The summed E-state index contributed by atoms with van der Waals surface area (Å²) in [7, 11) is 11.8. The van der Waals surface area contributed by atoms with E-state index in [1.165, 1.54) is 27.5 Å². The zero-order valence-corrected chi connectivity index (χ0v) is 22.8. The Bertz CT molecular complexity index is 1220. The van der Waals surface area contributed by atoms with E-state index < -0.39 is 11.0 Å². The lowest BCUT2D eigenvalue weighted by Crippen LogP contribution is -2.32. The second kappa shape index (κ2) is 11.7. The summed E-state index contributed by atoms with van der Waals surface area (Å²) in [4.78, 5) is 0. The van der Waals surface area contributed by atoms with Gasteiger partial charge in [0.2, 0.25) is 0 Å². The molecule has 0 N–H and O–H groups in total. The first kappa shape index (κ1) is 28.4. The predicted molar refractivity (Wildman–Crippen MR) is 155 cm³/mol. The van der Waals surface area contributed by atoms with Gasteiger partial charge in [-0.1, -0.05) is 82.3 Å². The lowest BCUT2D eigenvalue weighted by molar-refractivity contribution is 0.224. The zero-order chi connectivity index (χ0) is 26.4. The molecule has 0 amide bonds. The molecule has 0 aliphatic carbocycles. The lowest BCUT2D eigenvalue weighted by atomic mass is 9.80. The summed E-state index contributed by atoms with van der Waals surface area (Å²) in [6, 6.07) is 14.6. The summed E-state index contributed by atoms with van der Waals surface area (Å²) in [5.41, 5.74) is 4.55. The van der Waals surface area contributed by atoms with Gasteiger partial charge < -0.3 is 9.47 Å². The Morgan fingerprint density at radius 1 is 0.686 bits per heavy atom. The van der Waals surface area contributed by atoms with Gasteiger partial charge in [0.25, 0.3) is 0 Å². The van der Waals surface area contributed by atoms with Gasteiger partial charge >= 0.3 is 0 Å². The number of aryl methyl sites for hydroxylation is 3. The molecule has 0 spiro atoms. The summed E-state index contributed by atoms with van der Waals surface area (Å²) in [5.74, 6) is 1.74. The largest absolute Gasteiger partial charge is 0.493 e. The standard InChI is InChI=1S/C16H15BO.C11H11BO.2C2H6/c1-10-5-4-6-13-12-7-8-16(3,17)18-14(12)9-11(2)15(10)13;1-8-3-4-9-5-6-11(2,12)13-10(9)7-8;2*1-2/h4-9H,1-3H3;3-7H,1-2H3;2*1-2H3. The highest BCUT2D eigenvalue weighted by atomic mass is 16.5. The fraction of sp³-hybridized carbons (Fsp3) is 0.355. The number of ether oxygens (including phenoxy) is 2. The molecule has 180 valence electrons. The van der Waals surface area contributed by atoms with Crippen molar-refractivity contribution in [3.05, 3.63) is 82.4 Å². The molecule has 2 nitrogen and oxygen atoms in total. The number of rotatable bonds is 0. The first-order chi connectivity index (χ1) is 16.5. The molecule has 2 aliphatic heterocycles. The molecule has 3 aromatic carbocycles. The summed E-state index contributed by atoms with van der Waals surface area (Å²) in [6.45, 7) is 18.0. The molecular weight excluding hydrogens is 426 g/mol. The van der Waals surface area contributed by atoms with Gasteiger partial charge in [0.05, 0.1) is 11.0 Å². The van der Waals surface area contributed by atoms with E-state index in [1.807, 2.05) is 78.8 Å². The van der Waals surface area contributed by atoms with Crippen LogP contribution in [0, 0.1) is 20.8 Å². The monoisotopic (exact) mass is 464 g/mol. The van der Waals surface area contributed by atoms with Crippen molar-refractivity contribution in [2.75, 3.05) is 0 Å². The van der Waals surface area contributed by atoms with E-state index in [4.69, 9.17) is 25.2 Å². The summed E-state index contributed by atoms with van der Waals surface area (Å²) in [5, 5.41) is 2.54. The SMILES string of the molecule is CC.CC.[B]C1(C)C=Cc2c(cc(C)c3c(C)cccc23)O1.[B]C1(C)C=Cc2ccc(C)cc2O1. The average Bonchev–Trinajstić information content (AvgIpc) is 2.80. The van der Waals surface area contributed by atoms with Crippen LogP contribution in [0.4, 0.5) is 0 Å². The van der Waals surface area contributed by atoms with Crippen molar-refractivity contribution in [3.8, 4) is 11.5 Å². The van der Waals surface area contributed by atoms with Crippen LogP contribution >= 0.6 is 0 Å². The second-order valence-corrected chi connectivity index (χ2v) is 8.88. The molecule has 0 aromatic heterocycles. The Labute approximate surface area is 215 Å². The van der Waals surface area contributed by atoms with Gasteiger partial charge in [0.1, 0.15) is 27.2 Å². The van der Waals surface area contributed by atoms with Crippen molar-refractivity contribution in [1.29, 1.82) is 0 Å². The van der Waals surface area contributed by atoms with Gasteiger partial charge in [-0.2, -0.15) is 0 Å². The van der Waals surface area contributed by atoms with Crippen LogP contribution in [0.5, 0.6) is 11.5 Å². The molecule has 4 radical (unpaired) electrons. The Hall–Kier alpha value is -2.87. The molecular formula is C31H38B2O2. The van der Waals surface area contributed by atoms with Crippen LogP contribution in [-0.2, 0) is 0 Å². The third-order valence-electron chi connectivity index (χ3n) is 5.57. The highest BCUT2D eigenvalue weighted by molar-refractivity contribution is 6.17. The maximum atomic E-state index is 6.01. The van der Waals surface area contributed by atoms with Gasteiger partial charge in [0.15, 0.2) is 0 Å². The van der Waals surface area contributed by atoms with Crippen molar-refractivity contribution in [1.82, 2.24) is 0 Å². The van der Waals surface area contributed by atoms with Crippen molar-refractivity contribution in [2.45, 2.75) is 73.3 Å². The summed E-state index contributed by atoms with van der Waals surface area (Å²) in [6.07, 6.45) is 7.84. The third kappa shape index (κ3) is 6.84.